The number of rotatable bonds is 6. The molecule has 2 aromatic heterocycles. The first-order valence-corrected chi connectivity index (χ1v) is 8.37. The highest BCUT2D eigenvalue weighted by Gasteiger charge is 2.39. The summed E-state index contributed by atoms with van der Waals surface area (Å²) in [4.78, 5) is 26.1. The quantitative estimate of drug-likeness (QED) is 0.792. The number of hydrogen-bond donors (Lipinski definition) is 1. The molecule has 1 fully saturated rings. The molecule has 0 spiro atoms. The second-order valence-corrected chi connectivity index (χ2v) is 6.43. The Bertz CT molecular complexity index is 794. The number of aromatic nitrogens is 4. The second kappa shape index (κ2) is 6.66. The van der Waals surface area contributed by atoms with Crippen molar-refractivity contribution in [1.29, 1.82) is 0 Å². The molecular formula is C16H22N6O3. The normalized spacial score (nSPS) is 17.6. The van der Waals surface area contributed by atoms with Gasteiger partial charge in [-0.2, -0.15) is 0 Å². The number of hydrogen-bond acceptors (Lipinski definition) is 6. The third-order valence-corrected chi connectivity index (χ3v) is 4.32. The highest BCUT2D eigenvalue weighted by Crippen LogP contribution is 2.20. The lowest BCUT2D eigenvalue weighted by molar-refractivity contribution is -0.127. The molecule has 9 nitrogen and oxygen atoms in total. The maximum Gasteiger partial charge on any atom is 0.325 e. The molecule has 0 bridgehead atoms. The fourth-order valence-electron chi connectivity index (χ4n) is 2.81. The first kappa shape index (κ1) is 17.1. The Kier molecular flexibility index (Phi) is 4.56. The van der Waals surface area contributed by atoms with Gasteiger partial charge in [0.15, 0.2) is 0 Å². The smallest absolute Gasteiger partial charge is 0.325 e. The lowest BCUT2D eigenvalue weighted by Gasteiger charge is -2.12. The Balaban J connectivity index is 1.72. The zero-order chi connectivity index (χ0) is 18.1. The highest BCUT2D eigenvalue weighted by molar-refractivity contribution is 6.04. The Morgan fingerprint density at radius 3 is 2.76 bits per heavy atom. The molecule has 0 aliphatic carbocycles. The Hall–Kier alpha value is -2.71. The van der Waals surface area contributed by atoms with E-state index in [1.807, 2.05) is 20.8 Å². The largest absolute Gasteiger partial charge is 0.361 e. The van der Waals surface area contributed by atoms with Crippen molar-refractivity contribution in [2.45, 2.75) is 59.2 Å². The van der Waals surface area contributed by atoms with Gasteiger partial charge in [0.25, 0.3) is 5.91 Å². The Morgan fingerprint density at radius 2 is 2.12 bits per heavy atom. The van der Waals surface area contributed by atoms with Gasteiger partial charge < -0.3 is 9.84 Å². The number of nitrogens with zero attached hydrogens (tertiary/aromatic N) is 5. The summed E-state index contributed by atoms with van der Waals surface area (Å²) in [6.45, 7) is 7.89. The molecule has 1 aliphatic heterocycles. The summed E-state index contributed by atoms with van der Waals surface area (Å²) in [6.07, 6.45) is 2.79. The van der Waals surface area contributed by atoms with Crippen LogP contribution in [-0.4, -0.2) is 43.0 Å². The molecule has 2 aromatic rings. The minimum absolute atomic E-state index is 0.165. The molecule has 3 amide bonds. The molecule has 0 radical (unpaired) electrons. The van der Waals surface area contributed by atoms with Crippen LogP contribution >= 0.6 is 0 Å². The maximum absolute atomic E-state index is 12.6. The van der Waals surface area contributed by atoms with E-state index in [4.69, 9.17) is 4.52 Å². The molecule has 3 rings (SSSR count). The lowest BCUT2D eigenvalue weighted by atomic mass is 10.1. The fraction of sp³-hybridized carbons (Fsp3) is 0.562. The van der Waals surface area contributed by atoms with E-state index < -0.39 is 12.1 Å². The van der Waals surface area contributed by atoms with Crippen LogP contribution in [0.2, 0.25) is 0 Å². The van der Waals surface area contributed by atoms with Gasteiger partial charge in [0, 0.05) is 24.2 Å². The molecule has 3 heterocycles. The van der Waals surface area contributed by atoms with Gasteiger partial charge in [0.1, 0.15) is 11.8 Å². The van der Waals surface area contributed by atoms with Crippen LogP contribution in [0.3, 0.4) is 0 Å². The summed E-state index contributed by atoms with van der Waals surface area (Å²) in [5.74, 6) is 0.354. The van der Waals surface area contributed by atoms with Gasteiger partial charge in [-0.05, 0) is 27.2 Å². The second-order valence-electron chi connectivity index (χ2n) is 6.43. The van der Waals surface area contributed by atoms with Crippen molar-refractivity contribution >= 4 is 11.9 Å². The van der Waals surface area contributed by atoms with Crippen LogP contribution in [0.4, 0.5) is 4.79 Å². The van der Waals surface area contributed by atoms with Crippen LogP contribution < -0.4 is 5.32 Å². The summed E-state index contributed by atoms with van der Waals surface area (Å²) >= 11 is 0. The third kappa shape index (κ3) is 3.26. The first-order valence-electron chi connectivity index (χ1n) is 8.37. The predicted molar refractivity (Wildman–Crippen MR) is 87.6 cm³/mol. The first-order chi connectivity index (χ1) is 11.9. The number of carbonyl (C=O) groups is 2. The van der Waals surface area contributed by atoms with Gasteiger partial charge in [0.2, 0.25) is 0 Å². The number of urea groups is 1. The number of amides is 3. The van der Waals surface area contributed by atoms with Crippen LogP contribution in [0.1, 0.15) is 49.5 Å². The highest BCUT2D eigenvalue weighted by atomic mass is 16.5. The molecule has 1 saturated heterocycles. The molecule has 134 valence electrons. The van der Waals surface area contributed by atoms with E-state index in [9.17, 15) is 9.59 Å². The van der Waals surface area contributed by atoms with Crippen molar-refractivity contribution in [3.63, 3.8) is 0 Å². The molecule has 1 N–H and O–H groups in total. The Labute approximate surface area is 145 Å². The van der Waals surface area contributed by atoms with E-state index in [0.29, 0.717) is 24.3 Å². The average Bonchev–Trinajstić information content (AvgIpc) is 3.24. The van der Waals surface area contributed by atoms with Crippen LogP contribution in [0.25, 0.3) is 0 Å². The van der Waals surface area contributed by atoms with Crippen molar-refractivity contribution < 1.29 is 14.1 Å². The predicted octanol–water partition coefficient (Wildman–Crippen LogP) is 1.38. The molecule has 0 aromatic carbocycles. The van der Waals surface area contributed by atoms with Gasteiger partial charge in [-0.25, -0.2) is 9.48 Å². The van der Waals surface area contributed by atoms with Gasteiger partial charge in [-0.1, -0.05) is 17.3 Å². The van der Waals surface area contributed by atoms with E-state index in [1.165, 1.54) is 4.90 Å². The molecule has 1 unspecified atom stereocenters. The van der Waals surface area contributed by atoms with E-state index in [-0.39, 0.29) is 18.5 Å². The molecule has 1 atom stereocenters. The zero-order valence-corrected chi connectivity index (χ0v) is 14.8. The van der Waals surface area contributed by atoms with Crippen LogP contribution in [-0.2, 0) is 24.2 Å². The van der Waals surface area contributed by atoms with E-state index in [2.05, 4.69) is 20.8 Å². The fourth-order valence-corrected chi connectivity index (χ4v) is 2.81. The van der Waals surface area contributed by atoms with Crippen molar-refractivity contribution in [1.82, 2.24) is 30.4 Å². The number of aryl methyl sites for hydroxylation is 2. The minimum Gasteiger partial charge on any atom is -0.361 e. The van der Waals surface area contributed by atoms with Crippen molar-refractivity contribution in [3.8, 4) is 0 Å². The summed E-state index contributed by atoms with van der Waals surface area (Å²) in [6, 6.07) is -0.848. The van der Waals surface area contributed by atoms with Gasteiger partial charge in [-0.3, -0.25) is 9.69 Å². The SMILES string of the molecule is CCc1noc(C)c1CN1C(=O)NC(Cc2cn(C(C)C)nn2)C1=O. The lowest BCUT2D eigenvalue weighted by Crippen LogP contribution is -2.32. The minimum atomic E-state index is -0.630. The average molecular weight is 346 g/mol. The van der Waals surface area contributed by atoms with E-state index >= 15 is 0 Å². The number of carbonyl (C=O) groups excluding carboxylic acids is 2. The third-order valence-electron chi connectivity index (χ3n) is 4.32. The van der Waals surface area contributed by atoms with Crippen molar-refractivity contribution in [3.05, 3.63) is 28.9 Å². The summed E-state index contributed by atoms with van der Waals surface area (Å²) in [5.41, 5.74) is 2.23. The van der Waals surface area contributed by atoms with Gasteiger partial charge in [0.05, 0.1) is 17.9 Å². The summed E-state index contributed by atoms with van der Waals surface area (Å²) in [7, 11) is 0. The molecular weight excluding hydrogens is 324 g/mol. The number of imide groups is 1. The standard InChI is InChI=1S/C16H22N6O3/c1-5-13-12(10(4)25-19-13)8-21-15(23)14(17-16(21)24)6-11-7-22(9(2)3)20-18-11/h7,9,14H,5-6,8H2,1-4H3,(H,17,24). The van der Waals surface area contributed by atoms with Crippen LogP contribution in [0.15, 0.2) is 10.7 Å². The summed E-state index contributed by atoms with van der Waals surface area (Å²) < 4.78 is 6.90. The van der Waals surface area contributed by atoms with E-state index in [1.54, 1.807) is 17.8 Å². The molecule has 9 heteroatoms. The van der Waals surface area contributed by atoms with Gasteiger partial charge >= 0.3 is 6.03 Å². The van der Waals surface area contributed by atoms with Crippen molar-refractivity contribution in [2.24, 2.45) is 0 Å². The van der Waals surface area contributed by atoms with E-state index in [0.717, 1.165) is 11.3 Å². The maximum atomic E-state index is 12.6. The topological polar surface area (TPSA) is 106 Å². The number of nitrogens with one attached hydrogen (secondary N) is 1. The van der Waals surface area contributed by atoms with Crippen molar-refractivity contribution in [2.75, 3.05) is 0 Å². The Morgan fingerprint density at radius 1 is 1.36 bits per heavy atom. The van der Waals surface area contributed by atoms with Crippen LogP contribution in [0.5, 0.6) is 0 Å². The molecule has 0 saturated carbocycles. The summed E-state index contributed by atoms with van der Waals surface area (Å²) in [5, 5.41) is 14.8. The molecule has 1 aliphatic rings. The van der Waals surface area contributed by atoms with Crippen LogP contribution in [0, 0.1) is 6.92 Å². The zero-order valence-electron chi connectivity index (χ0n) is 14.8. The monoisotopic (exact) mass is 346 g/mol. The van der Waals surface area contributed by atoms with Gasteiger partial charge in [-0.15, -0.1) is 5.10 Å². The molecule has 25 heavy (non-hydrogen) atoms.